The minimum Gasteiger partial charge on any atom is -0.357 e. The van der Waals surface area contributed by atoms with Gasteiger partial charge in [-0.3, -0.25) is 0 Å². The van der Waals surface area contributed by atoms with Crippen LogP contribution in [0.25, 0.3) is 0 Å². The van der Waals surface area contributed by atoms with Crippen molar-refractivity contribution in [1.29, 1.82) is 0 Å². The molecular weight excluding hydrogens is 200 g/mol. The predicted molar refractivity (Wildman–Crippen MR) is 68.9 cm³/mol. The zero-order valence-electron chi connectivity index (χ0n) is 10.9. The van der Waals surface area contributed by atoms with Gasteiger partial charge in [0.25, 0.3) is 0 Å². The topological polar surface area (TPSA) is 41.1 Å². The average molecular weight is 222 g/mol. The van der Waals surface area contributed by atoms with Crippen molar-refractivity contribution in [2.75, 3.05) is 23.8 Å². The van der Waals surface area contributed by atoms with Crippen LogP contribution in [0.5, 0.6) is 0 Å². The number of aromatic nitrogens is 2. The predicted octanol–water partition coefficient (Wildman–Crippen LogP) is 2.39. The highest BCUT2D eigenvalue weighted by molar-refractivity contribution is 5.43. The number of hydrogen-bond acceptors (Lipinski definition) is 4. The van der Waals surface area contributed by atoms with Gasteiger partial charge in [0.1, 0.15) is 5.82 Å². The SMILES string of the molecule is CNc1nccc(N(CC(C)C)C(C)C)n1. The first-order valence-corrected chi connectivity index (χ1v) is 5.82. The van der Waals surface area contributed by atoms with Crippen molar-refractivity contribution in [2.24, 2.45) is 5.92 Å². The first kappa shape index (κ1) is 12.7. The molecule has 1 N–H and O–H groups in total. The molecule has 0 saturated carbocycles. The molecule has 0 aliphatic heterocycles. The Bertz CT molecular complexity index is 323. The molecular formula is C12H22N4. The maximum atomic E-state index is 4.47. The second-order valence-electron chi connectivity index (χ2n) is 4.63. The van der Waals surface area contributed by atoms with Crippen LogP contribution in [0.3, 0.4) is 0 Å². The Hall–Kier alpha value is -1.32. The van der Waals surface area contributed by atoms with E-state index in [4.69, 9.17) is 0 Å². The van der Waals surface area contributed by atoms with Crippen molar-refractivity contribution in [1.82, 2.24) is 9.97 Å². The summed E-state index contributed by atoms with van der Waals surface area (Å²) in [5.41, 5.74) is 0. The van der Waals surface area contributed by atoms with Crippen molar-refractivity contribution in [2.45, 2.75) is 33.7 Å². The lowest BCUT2D eigenvalue weighted by Gasteiger charge is -2.29. The number of anilines is 2. The van der Waals surface area contributed by atoms with E-state index >= 15 is 0 Å². The molecule has 0 atom stereocenters. The number of nitrogens with one attached hydrogen (secondary N) is 1. The molecule has 1 aromatic heterocycles. The molecule has 0 amide bonds. The first-order chi connectivity index (χ1) is 7.54. The highest BCUT2D eigenvalue weighted by Crippen LogP contribution is 2.16. The molecule has 4 heteroatoms. The standard InChI is InChI=1S/C12H22N4/c1-9(2)8-16(10(3)4)11-6-7-14-12(13-5)15-11/h6-7,9-10H,8H2,1-5H3,(H,13,14,15). The molecule has 90 valence electrons. The van der Waals surface area contributed by atoms with E-state index < -0.39 is 0 Å². The molecule has 0 radical (unpaired) electrons. The fourth-order valence-electron chi connectivity index (χ4n) is 1.59. The summed E-state index contributed by atoms with van der Waals surface area (Å²) in [6.07, 6.45) is 1.80. The largest absolute Gasteiger partial charge is 0.357 e. The lowest BCUT2D eigenvalue weighted by Crippen LogP contribution is -2.34. The summed E-state index contributed by atoms with van der Waals surface area (Å²) in [7, 11) is 1.83. The Morgan fingerprint density at radius 3 is 2.50 bits per heavy atom. The van der Waals surface area contributed by atoms with Crippen molar-refractivity contribution in [3.8, 4) is 0 Å². The number of rotatable bonds is 5. The summed E-state index contributed by atoms with van der Waals surface area (Å²) >= 11 is 0. The average Bonchev–Trinajstić information content (AvgIpc) is 2.25. The van der Waals surface area contributed by atoms with Crippen LogP contribution in [-0.4, -0.2) is 29.6 Å². The van der Waals surface area contributed by atoms with Crippen LogP contribution in [-0.2, 0) is 0 Å². The van der Waals surface area contributed by atoms with E-state index in [1.165, 1.54) is 0 Å². The van der Waals surface area contributed by atoms with Gasteiger partial charge in [0.2, 0.25) is 5.95 Å². The van der Waals surface area contributed by atoms with E-state index in [-0.39, 0.29) is 0 Å². The van der Waals surface area contributed by atoms with E-state index in [1.54, 1.807) is 6.20 Å². The van der Waals surface area contributed by atoms with Gasteiger partial charge in [0, 0.05) is 25.8 Å². The molecule has 0 spiro atoms. The highest BCUT2D eigenvalue weighted by atomic mass is 15.2. The van der Waals surface area contributed by atoms with Crippen LogP contribution in [0.4, 0.5) is 11.8 Å². The molecule has 1 heterocycles. The van der Waals surface area contributed by atoms with E-state index in [0.29, 0.717) is 17.9 Å². The molecule has 0 aromatic carbocycles. The molecule has 0 bridgehead atoms. The summed E-state index contributed by atoms with van der Waals surface area (Å²) in [6, 6.07) is 2.41. The van der Waals surface area contributed by atoms with Crippen LogP contribution >= 0.6 is 0 Å². The second-order valence-corrected chi connectivity index (χ2v) is 4.63. The summed E-state index contributed by atoms with van der Waals surface area (Å²) in [4.78, 5) is 10.9. The van der Waals surface area contributed by atoms with Gasteiger partial charge >= 0.3 is 0 Å². The van der Waals surface area contributed by atoms with Crippen molar-refractivity contribution < 1.29 is 0 Å². The Kier molecular flexibility index (Phi) is 4.52. The van der Waals surface area contributed by atoms with Gasteiger partial charge < -0.3 is 10.2 Å². The molecule has 0 saturated heterocycles. The lowest BCUT2D eigenvalue weighted by atomic mass is 10.2. The molecule has 16 heavy (non-hydrogen) atoms. The summed E-state index contributed by atoms with van der Waals surface area (Å²) in [5, 5.41) is 2.97. The van der Waals surface area contributed by atoms with Gasteiger partial charge in [-0.2, -0.15) is 4.98 Å². The third-order valence-electron chi connectivity index (χ3n) is 2.34. The quantitative estimate of drug-likeness (QED) is 0.830. The van der Waals surface area contributed by atoms with Crippen LogP contribution in [0, 0.1) is 5.92 Å². The Balaban J connectivity index is 2.91. The first-order valence-electron chi connectivity index (χ1n) is 5.82. The monoisotopic (exact) mass is 222 g/mol. The fraction of sp³-hybridized carbons (Fsp3) is 0.667. The van der Waals surface area contributed by atoms with E-state index in [1.807, 2.05) is 13.1 Å². The fourth-order valence-corrected chi connectivity index (χ4v) is 1.59. The van der Waals surface area contributed by atoms with Gasteiger partial charge in [-0.1, -0.05) is 13.8 Å². The molecule has 1 aromatic rings. The molecule has 0 unspecified atom stereocenters. The highest BCUT2D eigenvalue weighted by Gasteiger charge is 2.13. The zero-order valence-corrected chi connectivity index (χ0v) is 10.9. The van der Waals surface area contributed by atoms with Gasteiger partial charge in [0.15, 0.2) is 0 Å². The molecule has 1 rings (SSSR count). The molecule has 4 nitrogen and oxygen atoms in total. The molecule has 0 aliphatic rings. The Morgan fingerprint density at radius 2 is 2.00 bits per heavy atom. The van der Waals surface area contributed by atoms with Crippen LogP contribution in [0.2, 0.25) is 0 Å². The second kappa shape index (κ2) is 5.68. The maximum Gasteiger partial charge on any atom is 0.224 e. The third-order valence-corrected chi connectivity index (χ3v) is 2.34. The van der Waals surface area contributed by atoms with Crippen molar-refractivity contribution >= 4 is 11.8 Å². The molecule has 0 fully saturated rings. The van der Waals surface area contributed by atoms with Crippen molar-refractivity contribution in [3.63, 3.8) is 0 Å². The number of nitrogens with zero attached hydrogens (tertiary/aromatic N) is 3. The van der Waals surface area contributed by atoms with Gasteiger partial charge in [0.05, 0.1) is 0 Å². The Morgan fingerprint density at radius 1 is 1.31 bits per heavy atom. The summed E-state index contributed by atoms with van der Waals surface area (Å²) < 4.78 is 0. The van der Waals surface area contributed by atoms with E-state index in [2.05, 4.69) is 47.9 Å². The minimum absolute atomic E-state index is 0.446. The number of hydrogen-bond donors (Lipinski definition) is 1. The van der Waals surface area contributed by atoms with E-state index in [9.17, 15) is 0 Å². The maximum absolute atomic E-state index is 4.47. The molecule has 0 aliphatic carbocycles. The van der Waals surface area contributed by atoms with Crippen LogP contribution in [0.1, 0.15) is 27.7 Å². The Labute approximate surface area is 98.1 Å². The summed E-state index contributed by atoms with van der Waals surface area (Å²) in [5.74, 6) is 2.28. The van der Waals surface area contributed by atoms with Gasteiger partial charge in [-0.15, -0.1) is 0 Å². The smallest absolute Gasteiger partial charge is 0.224 e. The van der Waals surface area contributed by atoms with Crippen LogP contribution < -0.4 is 10.2 Å². The van der Waals surface area contributed by atoms with Gasteiger partial charge in [-0.25, -0.2) is 4.98 Å². The zero-order chi connectivity index (χ0) is 12.1. The third kappa shape index (κ3) is 3.36. The summed E-state index contributed by atoms with van der Waals surface area (Å²) in [6.45, 7) is 9.82. The normalized spacial score (nSPS) is 10.9. The van der Waals surface area contributed by atoms with Crippen molar-refractivity contribution in [3.05, 3.63) is 12.3 Å². The van der Waals surface area contributed by atoms with E-state index in [0.717, 1.165) is 12.4 Å². The van der Waals surface area contributed by atoms with Gasteiger partial charge in [-0.05, 0) is 25.8 Å². The lowest BCUT2D eigenvalue weighted by molar-refractivity contribution is 0.566. The van der Waals surface area contributed by atoms with Crippen LogP contribution in [0.15, 0.2) is 12.3 Å². The minimum atomic E-state index is 0.446.